The fraction of sp³-hybridized carbons (Fsp3) is 0.333. The summed E-state index contributed by atoms with van der Waals surface area (Å²) in [5, 5.41) is 2.73. The summed E-state index contributed by atoms with van der Waals surface area (Å²) in [4.78, 5) is 24.0. The normalized spacial score (nSPS) is 14.2. The summed E-state index contributed by atoms with van der Waals surface area (Å²) in [6.07, 6.45) is 3.58. The van der Waals surface area contributed by atoms with Gasteiger partial charge in [0.2, 0.25) is 0 Å². The predicted octanol–water partition coefficient (Wildman–Crippen LogP) is 2.63. The molecule has 2 aromatic heterocycles. The van der Waals surface area contributed by atoms with Crippen molar-refractivity contribution in [1.29, 1.82) is 0 Å². The summed E-state index contributed by atoms with van der Waals surface area (Å²) >= 11 is 0. The zero-order valence-electron chi connectivity index (χ0n) is 11.2. The predicted molar refractivity (Wildman–Crippen MR) is 70.6 cm³/mol. The van der Waals surface area contributed by atoms with Gasteiger partial charge in [-0.3, -0.25) is 9.59 Å². The topological polar surface area (TPSA) is 72.5 Å². The molecule has 1 aliphatic rings. The second-order valence-corrected chi connectivity index (χ2v) is 4.89. The van der Waals surface area contributed by atoms with Crippen molar-refractivity contribution in [3.63, 3.8) is 0 Å². The van der Waals surface area contributed by atoms with Crippen molar-refractivity contribution < 1.29 is 18.4 Å². The summed E-state index contributed by atoms with van der Waals surface area (Å²) in [5.41, 5.74) is 1.24. The molecule has 0 saturated heterocycles. The number of hydrogen-bond donors (Lipinski definition) is 1. The largest absolute Gasteiger partial charge is 0.467 e. The molecule has 20 heavy (non-hydrogen) atoms. The molecular weight excluding hydrogens is 258 g/mol. The van der Waals surface area contributed by atoms with Crippen molar-refractivity contribution in [3.05, 3.63) is 46.8 Å². The van der Waals surface area contributed by atoms with Crippen molar-refractivity contribution in [2.75, 3.05) is 0 Å². The molecule has 0 fully saturated rings. The summed E-state index contributed by atoms with van der Waals surface area (Å²) in [5.74, 6) is 1.29. The van der Waals surface area contributed by atoms with Gasteiger partial charge >= 0.3 is 0 Å². The van der Waals surface area contributed by atoms with Gasteiger partial charge in [0.05, 0.1) is 18.4 Å². The maximum atomic E-state index is 12.1. The van der Waals surface area contributed by atoms with Crippen LogP contribution in [0.3, 0.4) is 0 Å². The highest BCUT2D eigenvalue weighted by atomic mass is 16.4. The van der Waals surface area contributed by atoms with E-state index in [0.29, 0.717) is 42.0 Å². The summed E-state index contributed by atoms with van der Waals surface area (Å²) in [6, 6.07) is 3.54. The first-order valence-electron chi connectivity index (χ1n) is 6.63. The number of fused-ring (bicyclic) bond motifs is 1. The molecule has 1 amide bonds. The SMILES string of the molecule is Cc1c(C(=O)NCc2ccco2)oc2c1C(=O)CCC2. The second kappa shape index (κ2) is 5.00. The number of carbonyl (C=O) groups excluding carboxylic acids is 2. The molecule has 3 rings (SSSR count). The first-order chi connectivity index (χ1) is 9.66. The number of hydrogen-bond acceptors (Lipinski definition) is 4. The van der Waals surface area contributed by atoms with Crippen molar-refractivity contribution in [2.24, 2.45) is 0 Å². The van der Waals surface area contributed by atoms with Crippen molar-refractivity contribution >= 4 is 11.7 Å². The Balaban J connectivity index is 1.80. The molecule has 0 atom stereocenters. The van der Waals surface area contributed by atoms with E-state index in [1.165, 1.54) is 0 Å². The van der Waals surface area contributed by atoms with Crippen molar-refractivity contribution in [1.82, 2.24) is 5.32 Å². The van der Waals surface area contributed by atoms with Crippen LogP contribution in [0.25, 0.3) is 0 Å². The monoisotopic (exact) mass is 273 g/mol. The van der Waals surface area contributed by atoms with Crippen LogP contribution in [0.4, 0.5) is 0 Å². The molecule has 5 nitrogen and oxygen atoms in total. The zero-order chi connectivity index (χ0) is 14.1. The van der Waals surface area contributed by atoms with Crippen LogP contribution in [-0.4, -0.2) is 11.7 Å². The van der Waals surface area contributed by atoms with Crippen LogP contribution in [0.15, 0.2) is 27.2 Å². The van der Waals surface area contributed by atoms with Crippen LogP contribution in [0.5, 0.6) is 0 Å². The average Bonchev–Trinajstić information content (AvgIpc) is 3.05. The van der Waals surface area contributed by atoms with E-state index in [4.69, 9.17) is 8.83 Å². The number of rotatable bonds is 3. The van der Waals surface area contributed by atoms with E-state index in [0.717, 1.165) is 6.42 Å². The number of amides is 1. The van der Waals surface area contributed by atoms with Crippen LogP contribution in [0.1, 0.15) is 50.8 Å². The minimum atomic E-state index is -0.318. The van der Waals surface area contributed by atoms with Gasteiger partial charge in [0.25, 0.3) is 5.91 Å². The Hall–Kier alpha value is -2.30. The Morgan fingerprint density at radius 1 is 1.40 bits per heavy atom. The maximum Gasteiger partial charge on any atom is 0.287 e. The third-order valence-corrected chi connectivity index (χ3v) is 3.52. The lowest BCUT2D eigenvalue weighted by Gasteiger charge is -2.07. The molecule has 0 spiro atoms. The van der Waals surface area contributed by atoms with Gasteiger partial charge in [-0.15, -0.1) is 0 Å². The lowest BCUT2D eigenvalue weighted by atomic mass is 9.94. The fourth-order valence-corrected chi connectivity index (χ4v) is 2.53. The minimum Gasteiger partial charge on any atom is -0.467 e. The highest BCUT2D eigenvalue weighted by Gasteiger charge is 2.28. The second-order valence-electron chi connectivity index (χ2n) is 4.89. The summed E-state index contributed by atoms with van der Waals surface area (Å²) in [6.45, 7) is 2.05. The van der Waals surface area contributed by atoms with Gasteiger partial charge in [0, 0.05) is 18.4 Å². The Morgan fingerprint density at radius 2 is 2.25 bits per heavy atom. The fourth-order valence-electron chi connectivity index (χ4n) is 2.53. The Bertz CT molecular complexity index is 652. The molecule has 2 aromatic rings. The molecule has 0 radical (unpaired) electrons. The smallest absolute Gasteiger partial charge is 0.287 e. The molecule has 0 unspecified atom stereocenters. The van der Waals surface area contributed by atoms with Gasteiger partial charge in [-0.25, -0.2) is 0 Å². The lowest BCUT2D eigenvalue weighted by Crippen LogP contribution is -2.22. The molecule has 0 bridgehead atoms. The van der Waals surface area contributed by atoms with Gasteiger partial charge < -0.3 is 14.2 Å². The van der Waals surface area contributed by atoms with Gasteiger partial charge in [-0.2, -0.15) is 0 Å². The molecule has 0 aromatic carbocycles. The van der Waals surface area contributed by atoms with Crippen LogP contribution >= 0.6 is 0 Å². The standard InChI is InChI=1S/C15H15NO4/c1-9-13-11(17)5-2-6-12(13)20-14(9)15(18)16-8-10-4-3-7-19-10/h3-4,7H,2,5-6,8H2,1H3,(H,16,18). The van der Waals surface area contributed by atoms with Gasteiger partial charge in [-0.1, -0.05) is 0 Å². The Kier molecular flexibility index (Phi) is 3.18. The van der Waals surface area contributed by atoms with E-state index in [9.17, 15) is 9.59 Å². The van der Waals surface area contributed by atoms with Crippen LogP contribution in [0.2, 0.25) is 0 Å². The van der Waals surface area contributed by atoms with E-state index in [-0.39, 0.29) is 17.5 Å². The highest BCUT2D eigenvalue weighted by molar-refractivity contribution is 6.03. The Labute approximate surface area is 115 Å². The first kappa shape index (κ1) is 12.7. The lowest BCUT2D eigenvalue weighted by molar-refractivity contribution is 0.0914. The van der Waals surface area contributed by atoms with E-state index in [1.807, 2.05) is 0 Å². The van der Waals surface area contributed by atoms with E-state index in [2.05, 4.69) is 5.32 Å². The number of aryl methyl sites for hydroxylation is 1. The van der Waals surface area contributed by atoms with E-state index in [1.54, 1.807) is 25.3 Å². The number of furan rings is 2. The molecular formula is C15H15NO4. The number of nitrogens with one attached hydrogen (secondary N) is 1. The highest BCUT2D eigenvalue weighted by Crippen LogP contribution is 2.29. The molecule has 2 heterocycles. The Morgan fingerprint density at radius 3 is 2.95 bits per heavy atom. The quantitative estimate of drug-likeness (QED) is 0.933. The van der Waals surface area contributed by atoms with E-state index >= 15 is 0 Å². The zero-order valence-corrected chi connectivity index (χ0v) is 11.2. The minimum absolute atomic E-state index is 0.0672. The molecule has 0 saturated carbocycles. The molecule has 1 aliphatic carbocycles. The number of Topliss-reactive ketones (excluding diaryl/α,β-unsaturated/α-hetero) is 1. The van der Waals surface area contributed by atoms with Crippen molar-refractivity contribution in [2.45, 2.75) is 32.7 Å². The summed E-state index contributed by atoms with van der Waals surface area (Å²) in [7, 11) is 0. The van der Waals surface area contributed by atoms with Crippen molar-refractivity contribution in [3.8, 4) is 0 Å². The molecule has 0 aliphatic heterocycles. The third kappa shape index (κ3) is 2.15. The summed E-state index contributed by atoms with van der Waals surface area (Å²) < 4.78 is 10.7. The molecule has 1 N–H and O–H groups in total. The average molecular weight is 273 g/mol. The first-order valence-corrected chi connectivity index (χ1v) is 6.63. The van der Waals surface area contributed by atoms with Crippen LogP contribution in [0, 0.1) is 6.92 Å². The number of carbonyl (C=O) groups is 2. The van der Waals surface area contributed by atoms with Crippen LogP contribution < -0.4 is 5.32 Å². The van der Waals surface area contributed by atoms with E-state index < -0.39 is 0 Å². The van der Waals surface area contributed by atoms with Gasteiger partial charge in [-0.05, 0) is 25.5 Å². The molecule has 5 heteroatoms. The molecule has 104 valence electrons. The number of ketones is 1. The van der Waals surface area contributed by atoms with Gasteiger partial charge in [0.15, 0.2) is 11.5 Å². The van der Waals surface area contributed by atoms with Gasteiger partial charge in [0.1, 0.15) is 11.5 Å². The van der Waals surface area contributed by atoms with Crippen LogP contribution in [-0.2, 0) is 13.0 Å². The maximum absolute atomic E-state index is 12.1. The third-order valence-electron chi connectivity index (χ3n) is 3.52.